The number of benzene rings is 1. The van der Waals surface area contributed by atoms with Gasteiger partial charge < -0.3 is 20.5 Å². The number of hydrogen-bond acceptors (Lipinski definition) is 6. The molecule has 0 amide bonds. The quantitative estimate of drug-likeness (QED) is 0.879. The fourth-order valence-corrected chi connectivity index (χ4v) is 1.75. The molecule has 1 aliphatic heterocycles. The van der Waals surface area contributed by atoms with Crippen molar-refractivity contribution in [2.45, 2.75) is 13.2 Å². The van der Waals surface area contributed by atoms with Crippen molar-refractivity contribution >= 4 is 17.3 Å². The zero-order valence-electron chi connectivity index (χ0n) is 10.4. The van der Waals surface area contributed by atoms with Gasteiger partial charge in [0.1, 0.15) is 18.0 Å². The van der Waals surface area contributed by atoms with Gasteiger partial charge in [-0.15, -0.1) is 8.78 Å². The molecule has 0 saturated carbocycles. The van der Waals surface area contributed by atoms with Gasteiger partial charge in [-0.2, -0.15) is 0 Å². The van der Waals surface area contributed by atoms with E-state index < -0.39 is 6.29 Å². The zero-order valence-corrected chi connectivity index (χ0v) is 10.4. The van der Waals surface area contributed by atoms with Crippen LogP contribution >= 0.6 is 0 Å². The lowest BCUT2D eigenvalue weighted by Gasteiger charge is -2.09. The highest BCUT2D eigenvalue weighted by Gasteiger charge is 2.43. The van der Waals surface area contributed by atoms with Gasteiger partial charge in [0.05, 0.1) is 0 Å². The number of aromatic nitrogens is 2. The molecule has 8 heteroatoms. The third kappa shape index (κ3) is 2.15. The van der Waals surface area contributed by atoms with E-state index in [0.29, 0.717) is 22.9 Å². The monoisotopic (exact) mass is 280 g/mol. The predicted molar refractivity (Wildman–Crippen MR) is 67.1 cm³/mol. The highest BCUT2D eigenvalue weighted by Crippen LogP contribution is 2.42. The molecule has 0 unspecified atom stereocenters. The molecule has 0 radical (unpaired) electrons. The number of alkyl halides is 2. The van der Waals surface area contributed by atoms with Crippen molar-refractivity contribution < 1.29 is 18.3 Å². The van der Waals surface area contributed by atoms with Crippen molar-refractivity contribution in [1.82, 2.24) is 9.97 Å². The van der Waals surface area contributed by atoms with E-state index in [-0.39, 0.29) is 11.5 Å². The summed E-state index contributed by atoms with van der Waals surface area (Å²) in [5.41, 5.74) is 6.85. The molecule has 2 heterocycles. The van der Waals surface area contributed by atoms with Crippen molar-refractivity contribution in [2.24, 2.45) is 0 Å². The maximum atomic E-state index is 12.9. The normalized spacial score (nSPS) is 15.2. The average Bonchev–Trinajstić information content (AvgIpc) is 2.68. The molecular weight excluding hydrogens is 270 g/mol. The summed E-state index contributed by atoms with van der Waals surface area (Å²) in [6.07, 6.45) is -2.32. The molecule has 0 aliphatic carbocycles. The summed E-state index contributed by atoms with van der Waals surface area (Å²) in [4.78, 5) is 7.87. The van der Waals surface area contributed by atoms with E-state index in [0.717, 1.165) is 0 Å². The van der Waals surface area contributed by atoms with Crippen LogP contribution in [0, 0.1) is 6.92 Å². The first-order valence-electron chi connectivity index (χ1n) is 5.68. The molecule has 1 aromatic carbocycles. The highest BCUT2D eigenvalue weighted by atomic mass is 19.3. The molecule has 0 bridgehead atoms. The minimum absolute atomic E-state index is 0.0144. The predicted octanol–water partition coefficient (Wildman–Crippen LogP) is 2.43. The van der Waals surface area contributed by atoms with E-state index in [4.69, 9.17) is 5.73 Å². The van der Waals surface area contributed by atoms with Crippen molar-refractivity contribution in [2.75, 3.05) is 11.1 Å². The van der Waals surface area contributed by atoms with Gasteiger partial charge in [0, 0.05) is 17.3 Å². The summed E-state index contributed by atoms with van der Waals surface area (Å²) in [6.45, 7) is 1.75. The third-order valence-corrected chi connectivity index (χ3v) is 2.79. The molecule has 1 aliphatic rings. The Kier molecular flexibility index (Phi) is 2.60. The molecular formula is C12H10F2N4O2. The Bertz CT molecular complexity index is 679. The molecule has 2 aromatic rings. The first-order valence-corrected chi connectivity index (χ1v) is 5.68. The van der Waals surface area contributed by atoms with Crippen LogP contribution in [0.3, 0.4) is 0 Å². The maximum Gasteiger partial charge on any atom is 0.586 e. The maximum absolute atomic E-state index is 12.9. The second-order valence-electron chi connectivity index (χ2n) is 4.19. The van der Waals surface area contributed by atoms with Gasteiger partial charge in [0.15, 0.2) is 11.5 Å². The minimum Gasteiger partial charge on any atom is -0.395 e. The number of nitrogens with zero attached hydrogens (tertiary/aromatic N) is 2. The van der Waals surface area contributed by atoms with Crippen LogP contribution in [-0.2, 0) is 0 Å². The van der Waals surface area contributed by atoms with Gasteiger partial charge in [0.2, 0.25) is 0 Å². The Hall–Kier alpha value is -2.64. The van der Waals surface area contributed by atoms with Gasteiger partial charge in [-0.05, 0) is 19.1 Å². The number of anilines is 3. The molecule has 20 heavy (non-hydrogen) atoms. The van der Waals surface area contributed by atoms with Crippen molar-refractivity contribution in [3.8, 4) is 11.5 Å². The molecule has 0 saturated heterocycles. The second kappa shape index (κ2) is 4.19. The number of rotatable bonds is 2. The minimum atomic E-state index is -3.63. The summed E-state index contributed by atoms with van der Waals surface area (Å²) < 4.78 is 34.5. The Balaban J connectivity index is 1.89. The summed E-state index contributed by atoms with van der Waals surface area (Å²) in [6, 6.07) is 4.35. The lowest BCUT2D eigenvalue weighted by atomic mass is 10.2. The molecule has 104 valence electrons. The Morgan fingerprint density at radius 1 is 1.20 bits per heavy atom. The van der Waals surface area contributed by atoms with Gasteiger partial charge in [0.25, 0.3) is 0 Å². The smallest absolute Gasteiger partial charge is 0.395 e. The molecule has 1 aromatic heterocycles. The Morgan fingerprint density at radius 2 is 1.95 bits per heavy atom. The van der Waals surface area contributed by atoms with Gasteiger partial charge in [-0.25, -0.2) is 9.97 Å². The van der Waals surface area contributed by atoms with E-state index >= 15 is 0 Å². The summed E-state index contributed by atoms with van der Waals surface area (Å²) >= 11 is 0. The van der Waals surface area contributed by atoms with Crippen LogP contribution < -0.4 is 20.5 Å². The largest absolute Gasteiger partial charge is 0.586 e. The van der Waals surface area contributed by atoms with Crippen molar-refractivity contribution in [3.63, 3.8) is 0 Å². The number of nitrogens with one attached hydrogen (secondary N) is 1. The van der Waals surface area contributed by atoms with E-state index in [1.54, 1.807) is 13.0 Å². The van der Waals surface area contributed by atoms with E-state index in [1.807, 2.05) is 0 Å². The molecule has 3 rings (SSSR count). The van der Waals surface area contributed by atoms with Crippen molar-refractivity contribution in [1.29, 1.82) is 0 Å². The number of hydrogen-bond donors (Lipinski definition) is 2. The number of halogens is 2. The molecule has 6 nitrogen and oxygen atoms in total. The topological polar surface area (TPSA) is 82.3 Å². The molecule has 0 spiro atoms. The van der Waals surface area contributed by atoms with E-state index in [9.17, 15) is 8.78 Å². The molecule has 3 N–H and O–H groups in total. The lowest BCUT2D eigenvalue weighted by Crippen LogP contribution is -2.25. The highest BCUT2D eigenvalue weighted by molar-refractivity contribution is 5.66. The molecule has 0 atom stereocenters. The third-order valence-electron chi connectivity index (χ3n) is 2.79. The number of nitrogens with two attached hydrogens (primary N) is 1. The van der Waals surface area contributed by atoms with Crippen LogP contribution in [0.1, 0.15) is 5.56 Å². The van der Waals surface area contributed by atoms with E-state index in [1.165, 1.54) is 18.5 Å². The number of nitrogen functional groups attached to an aromatic ring is 1. The summed E-state index contributed by atoms with van der Waals surface area (Å²) in [5.74, 6) is 0.775. The number of ether oxygens (including phenoxy) is 2. The summed E-state index contributed by atoms with van der Waals surface area (Å²) in [7, 11) is 0. The SMILES string of the molecule is Cc1c(N)ncnc1Nc1ccc2c(c1)OC(F)(F)O2. The second-order valence-corrected chi connectivity index (χ2v) is 4.19. The number of fused-ring (bicyclic) bond motifs is 1. The average molecular weight is 280 g/mol. The fourth-order valence-electron chi connectivity index (χ4n) is 1.75. The fraction of sp³-hybridized carbons (Fsp3) is 0.167. The van der Waals surface area contributed by atoms with Gasteiger partial charge in [-0.3, -0.25) is 0 Å². The first-order chi connectivity index (χ1) is 9.44. The summed E-state index contributed by atoms with van der Waals surface area (Å²) in [5, 5.41) is 2.96. The molecule has 0 fully saturated rings. The Morgan fingerprint density at radius 3 is 2.75 bits per heavy atom. The van der Waals surface area contributed by atoms with Gasteiger partial charge >= 0.3 is 6.29 Å². The van der Waals surface area contributed by atoms with Crippen LogP contribution in [-0.4, -0.2) is 16.3 Å². The van der Waals surface area contributed by atoms with Crippen molar-refractivity contribution in [3.05, 3.63) is 30.1 Å². The van der Waals surface area contributed by atoms with E-state index in [2.05, 4.69) is 24.8 Å². The lowest BCUT2D eigenvalue weighted by molar-refractivity contribution is -0.286. The van der Waals surface area contributed by atoms with Crippen LogP contribution in [0.2, 0.25) is 0 Å². The zero-order chi connectivity index (χ0) is 14.3. The van der Waals surface area contributed by atoms with Crippen LogP contribution in [0.15, 0.2) is 24.5 Å². The van der Waals surface area contributed by atoms with Crippen LogP contribution in [0.5, 0.6) is 11.5 Å². The first kappa shape index (κ1) is 12.4. The van der Waals surface area contributed by atoms with Crippen LogP contribution in [0.4, 0.5) is 26.1 Å². The van der Waals surface area contributed by atoms with Gasteiger partial charge in [-0.1, -0.05) is 0 Å². The van der Waals surface area contributed by atoms with Crippen LogP contribution in [0.25, 0.3) is 0 Å². The standard InChI is InChI=1S/C12H10F2N4O2/c1-6-10(15)16-5-17-11(6)18-7-2-3-8-9(4-7)20-12(13,14)19-8/h2-5H,1H3,(H3,15,16,17,18). The Labute approximate surface area is 112 Å².